The van der Waals surface area contributed by atoms with Gasteiger partial charge in [-0.2, -0.15) is 0 Å². The summed E-state index contributed by atoms with van der Waals surface area (Å²) < 4.78 is 0. The van der Waals surface area contributed by atoms with Crippen LogP contribution in [0, 0.1) is 0 Å². The molecule has 5 rings (SSSR count). The first kappa shape index (κ1) is 20.8. The summed E-state index contributed by atoms with van der Waals surface area (Å²) in [5.74, 6) is 0.0425. The predicted octanol–water partition coefficient (Wildman–Crippen LogP) is 2.75. The summed E-state index contributed by atoms with van der Waals surface area (Å²) in [5.41, 5.74) is 2.91. The fourth-order valence-corrected chi connectivity index (χ4v) is 5.26. The van der Waals surface area contributed by atoms with Gasteiger partial charge in [-0.15, -0.1) is 0 Å². The number of benzene rings is 2. The van der Waals surface area contributed by atoms with E-state index < -0.39 is 5.54 Å². The highest BCUT2D eigenvalue weighted by molar-refractivity contribution is 5.98. The van der Waals surface area contributed by atoms with Crippen LogP contribution in [0.4, 0.5) is 0 Å². The lowest BCUT2D eigenvalue weighted by atomic mass is 9.82. The van der Waals surface area contributed by atoms with Crippen molar-refractivity contribution in [3.63, 3.8) is 0 Å². The lowest BCUT2D eigenvalue weighted by Crippen LogP contribution is -2.70. The van der Waals surface area contributed by atoms with Crippen molar-refractivity contribution in [1.82, 2.24) is 20.1 Å². The van der Waals surface area contributed by atoms with E-state index in [1.807, 2.05) is 29.3 Å². The van der Waals surface area contributed by atoms with Crippen molar-refractivity contribution in [1.29, 1.82) is 0 Å². The molecule has 1 aromatic heterocycles. The van der Waals surface area contributed by atoms with Crippen molar-refractivity contribution in [3.8, 4) is 0 Å². The Morgan fingerprint density at radius 2 is 1.62 bits per heavy atom. The number of H-pyrrole nitrogens is 1. The van der Waals surface area contributed by atoms with Crippen LogP contribution in [0.2, 0.25) is 0 Å². The number of aromatic amines is 1. The molecule has 0 saturated carbocycles. The minimum Gasteiger partial charge on any atom is -0.361 e. The Hall–Kier alpha value is -3.12. The summed E-state index contributed by atoms with van der Waals surface area (Å²) in [4.78, 5) is 33.6. The first-order valence-corrected chi connectivity index (χ1v) is 11.6. The molecule has 32 heavy (non-hydrogen) atoms. The average molecular weight is 431 g/mol. The van der Waals surface area contributed by atoms with Crippen LogP contribution in [-0.4, -0.2) is 64.9 Å². The zero-order chi connectivity index (χ0) is 22.0. The maximum absolute atomic E-state index is 13.1. The second-order valence-electron chi connectivity index (χ2n) is 8.95. The van der Waals surface area contributed by atoms with Gasteiger partial charge in [0.2, 0.25) is 11.8 Å². The molecule has 0 aliphatic carbocycles. The fraction of sp³-hybridized carbons (Fsp3) is 0.385. The van der Waals surface area contributed by atoms with Crippen molar-refractivity contribution in [2.45, 2.75) is 31.2 Å². The lowest BCUT2D eigenvalue weighted by molar-refractivity contribution is -0.157. The quantitative estimate of drug-likeness (QED) is 0.632. The van der Waals surface area contributed by atoms with E-state index in [0.717, 1.165) is 38.0 Å². The molecule has 6 heteroatoms. The molecule has 0 atom stereocenters. The Labute approximate surface area is 188 Å². The molecule has 2 aliphatic rings. The molecular formula is C26H30N4O2. The number of aromatic nitrogens is 1. The van der Waals surface area contributed by atoms with Crippen LogP contribution in [0.25, 0.3) is 10.9 Å². The number of fused-ring (bicyclic) bond motifs is 1. The van der Waals surface area contributed by atoms with Crippen LogP contribution in [0.3, 0.4) is 0 Å². The monoisotopic (exact) mass is 430 g/mol. The van der Waals surface area contributed by atoms with E-state index in [2.05, 4.69) is 51.6 Å². The topological polar surface area (TPSA) is 68.4 Å². The van der Waals surface area contributed by atoms with Crippen LogP contribution in [-0.2, 0) is 22.4 Å². The van der Waals surface area contributed by atoms with Crippen molar-refractivity contribution < 1.29 is 9.59 Å². The van der Waals surface area contributed by atoms with Crippen LogP contribution in [0.5, 0.6) is 0 Å². The molecular weight excluding hydrogens is 400 g/mol. The molecule has 2 amide bonds. The number of carbonyl (C=O) groups is 2. The number of hydrogen-bond acceptors (Lipinski definition) is 3. The van der Waals surface area contributed by atoms with Gasteiger partial charge in [0.05, 0.1) is 6.54 Å². The third-order valence-electron chi connectivity index (χ3n) is 7.16. The van der Waals surface area contributed by atoms with Gasteiger partial charge in [0.15, 0.2) is 0 Å². The molecule has 3 aromatic rings. The standard InChI is InChI=1S/C26H30N4O2/c31-24-19-28-25(32)26(12-16-29(17-13-26)14-10-20-6-2-1-3-7-20)30(24)15-11-21-18-27-23-9-5-4-8-22(21)23/h1-9,18,27H,10-17,19H2,(H,28,32). The van der Waals surface area contributed by atoms with Gasteiger partial charge in [0.25, 0.3) is 0 Å². The van der Waals surface area contributed by atoms with Crippen LogP contribution in [0.1, 0.15) is 24.0 Å². The second-order valence-corrected chi connectivity index (χ2v) is 8.95. The number of amides is 2. The normalized spacial score (nSPS) is 18.9. The van der Waals surface area contributed by atoms with Crippen LogP contribution >= 0.6 is 0 Å². The van der Waals surface area contributed by atoms with E-state index in [9.17, 15) is 9.59 Å². The molecule has 2 aliphatic heterocycles. The molecule has 166 valence electrons. The second kappa shape index (κ2) is 8.79. The number of carbonyl (C=O) groups excluding carboxylic acids is 2. The molecule has 2 aromatic carbocycles. The largest absolute Gasteiger partial charge is 0.361 e. The van der Waals surface area contributed by atoms with Gasteiger partial charge in [0, 0.05) is 43.3 Å². The van der Waals surface area contributed by atoms with Gasteiger partial charge >= 0.3 is 0 Å². The van der Waals surface area contributed by atoms with Gasteiger partial charge in [-0.05, 0) is 42.9 Å². The Morgan fingerprint density at radius 3 is 2.44 bits per heavy atom. The number of piperazine rings is 1. The lowest BCUT2D eigenvalue weighted by Gasteiger charge is -2.50. The summed E-state index contributed by atoms with van der Waals surface area (Å²) in [6.45, 7) is 3.31. The van der Waals surface area contributed by atoms with Crippen molar-refractivity contribution in [2.75, 3.05) is 32.7 Å². The number of likely N-dealkylation sites (tertiary alicyclic amines) is 1. The number of hydrogen-bond donors (Lipinski definition) is 2. The minimum absolute atomic E-state index is 0.0127. The zero-order valence-corrected chi connectivity index (χ0v) is 18.3. The highest BCUT2D eigenvalue weighted by Crippen LogP contribution is 2.32. The third-order valence-corrected chi connectivity index (χ3v) is 7.16. The predicted molar refractivity (Wildman–Crippen MR) is 125 cm³/mol. The number of rotatable bonds is 6. The van der Waals surface area contributed by atoms with Crippen LogP contribution in [0.15, 0.2) is 60.8 Å². The van der Waals surface area contributed by atoms with E-state index in [4.69, 9.17) is 0 Å². The zero-order valence-electron chi connectivity index (χ0n) is 18.3. The Kier molecular flexibility index (Phi) is 5.70. The van der Waals surface area contributed by atoms with Gasteiger partial charge in [-0.3, -0.25) is 9.59 Å². The Bertz CT molecular complexity index is 1100. The summed E-state index contributed by atoms with van der Waals surface area (Å²) in [7, 11) is 0. The first-order valence-electron chi connectivity index (χ1n) is 11.6. The third kappa shape index (κ3) is 3.91. The van der Waals surface area contributed by atoms with Gasteiger partial charge in [0.1, 0.15) is 5.54 Å². The molecule has 6 nitrogen and oxygen atoms in total. The minimum atomic E-state index is -0.718. The number of nitrogens with zero attached hydrogens (tertiary/aromatic N) is 2. The molecule has 0 bridgehead atoms. The van der Waals surface area contributed by atoms with Crippen LogP contribution < -0.4 is 5.32 Å². The van der Waals surface area contributed by atoms with Crippen molar-refractivity contribution in [3.05, 3.63) is 71.9 Å². The van der Waals surface area contributed by atoms with Crippen molar-refractivity contribution in [2.24, 2.45) is 0 Å². The van der Waals surface area contributed by atoms with Gasteiger partial charge in [-0.25, -0.2) is 0 Å². The Morgan fingerprint density at radius 1 is 0.875 bits per heavy atom. The van der Waals surface area contributed by atoms with E-state index in [-0.39, 0.29) is 18.4 Å². The van der Waals surface area contributed by atoms with E-state index >= 15 is 0 Å². The maximum Gasteiger partial charge on any atom is 0.246 e. The van der Waals surface area contributed by atoms with Gasteiger partial charge in [-0.1, -0.05) is 48.5 Å². The molecule has 2 saturated heterocycles. The summed E-state index contributed by atoms with van der Waals surface area (Å²) in [6.07, 6.45) is 5.14. The fourth-order valence-electron chi connectivity index (χ4n) is 5.26. The molecule has 3 heterocycles. The van der Waals surface area contributed by atoms with E-state index in [0.29, 0.717) is 19.4 Å². The van der Waals surface area contributed by atoms with Gasteiger partial charge < -0.3 is 20.1 Å². The SMILES string of the molecule is O=C1CNC(=O)C2(CCN(CCc3ccccc3)CC2)N1CCc1c[nH]c2ccccc12. The van der Waals surface area contributed by atoms with E-state index in [1.165, 1.54) is 16.5 Å². The Balaban J connectivity index is 1.26. The van der Waals surface area contributed by atoms with E-state index in [1.54, 1.807) is 0 Å². The highest BCUT2D eigenvalue weighted by atomic mass is 16.2. The molecule has 1 spiro atoms. The summed E-state index contributed by atoms with van der Waals surface area (Å²) >= 11 is 0. The average Bonchev–Trinajstić information content (AvgIpc) is 3.25. The molecule has 2 fully saturated rings. The smallest absolute Gasteiger partial charge is 0.246 e. The number of para-hydroxylation sites is 1. The number of nitrogens with one attached hydrogen (secondary N) is 2. The molecule has 2 N–H and O–H groups in total. The molecule has 0 unspecified atom stereocenters. The summed E-state index contributed by atoms with van der Waals surface area (Å²) in [6, 6.07) is 18.7. The molecule has 0 radical (unpaired) electrons. The maximum atomic E-state index is 13.1. The van der Waals surface area contributed by atoms with Crippen molar-refractivity contribution >= 4 is 22.7 Å². The number of piperidine rings is 1. The first-order chi connectivity index (χ1) is 15.7. The highest BCUT2D eigenvalue weighted by Gasteiger charge is 2.50. The summed E-state index contributed by atoms with van der Waals surface area (Å²) in [5, 5.41) is 4.05.